The van der Waals surface area contributed by atoms with Crippen LogP contribution >= 0.6 is 11.8 Å². The van der Waals surface area contributed by atoms with E-state index in [-0.39, 0.29) is 11.6 Å². The van der Waals surface area contributed by atoms with Crippen LogP contribution < -0.4 is 11.1 Å². The van der Waals surface area contributed by atoms with E-state index in [0.717, 1.165) is 18.0 Å². The summed E-state index contributed by atoms with van der Waals surface area (Å²) in [6, 6.07) is 0. The SMILES string of the molecule is CNc1nc(SCC(N)=O)ncc1F. The number of amides is 1. The second kappa shape index (κ2) is 4.75. The second-order valence-corrected chi connectivity index (χ2v) is 3.30. The van der Waals surface area contributed by atoms with Gasteiger partial charge < -0.3 is 11.1 Å². The smallest absolute Gasteiger partial charge is 0.227 e. The van der Waals surface area contributed by atoms with Crippen molar-refractivity contribution in [2.45, 2.75) is 5.16 Å². The number of halogens is 1. The third kappa shape index (κ3) is 2.84. The molecule has 5 nitrogen and oxygen atoms in total. The normalized spacial score (nSPS) is 9.86. The highest BCUT2D eigenvalue weighted by Crippen LogP contribution is 2.16. The average Bonchev–Trinajstić information content (AvgIpc) is 2.16. The largest absolute Gasteiger partial charge is 0.371 e. The van der Waals surface area contributed by atoms with Crippen molar-refractivity contribution in [3.05, 3.63) is 12.0 Å². The number of hydrogen-bond donors (Lipinski definition) is 2. The molecule has 0 spiro atoms. The third-order valence-electron chi connectivity index (χ3n) is 1.30. The van der Waals surface area contributed by atoms with Gasteiger partial charge in [0.15, 0.2) is 16.8 Å². The molecule has 0 bridgehead atoms. The zero-order chi connectivity index (χ0) is 10.6. The van der Waals surface area contributed by atoms with Crippen molar-refractivity contribution < 1.29 is 9.18 Å². The molecule has 1 heterocycles. The molecule has 0 saturated heterocycles. The van der Waals surface area contributed by atoms with E-state index in [1.54, 1.807) is 7.05 Å². The molecule has 1 rings (SSSR count). The minimum atomic E-state index is -0.532. The zero-order valence-electron chi connectivity index (χ0n) is 7.45. The summed E-state index contributed by atoms with van der Waals surface area (Å²) in [6.45, 7) is 0. The summed E-state index contributed by atoms with van der Waals surface area (Å²) >= 11 is 1.06. The molecule has 14 heavy (non-hydrogen) atoms. The molecular weight excluding hydrogens is 207 g/mol. The van der Waals surface area contributed by atoms with Crippen LogP contribution in [0.4, 0.5) is 10.2 Å². The van der Waals surface area contributed by atoms with Gasteiger partial charge in [-0.05, 0) is 0 Å². The molecular formula is C7H9FN4OS. The van der Waals surface area contributed by atoms with Crippen molar-refractivity contribution in [3.63, 3.8) is 0 Å². The first-order valence-corrected chi connectivity index (χ1v) is 4.73. The number of hydrogen-bond acceptors (Lipinski definition) is 5. The number of nitrogens with two attached hydrogens (primary N) is 1. The van der Waals surface area contributed by atoms with Crippen molar-refractivity contribution in [2.24, 2.45) is 5.73 Å². The highest BCUT2D eigenvalue weighted by atomic mass is 32.2. The van der Waals surface area contributed by atoms with Gasteiger partial charge in [0, 0.05) is 7.05 Å². The molecule has 3 N–H and O–H groups in total. The lowest BCUT2D eigenvalue weighted by Gasteiger charge is -2.02. The van der Waals surface area contributed by atoms with Gasteiger partial charge in [0.2, 0.25) is 5.91 Å². The monoisotopic (exact) mass is 216 g/mol. The summed E-state index contributed by atoms with van der Waals surface area (Å²) in [4.78, 5) is 18.0. The Morgan fingerprint density at radius 1 is 1.79 bits per heavy atom. The summed E-state index contributed by atoms with van der Waals surface area (Å²) in [5.74, 6) is -0.814. The number of carbonyl (C=O) groups is 1. The zero-order valence-corrected chi connectivity index (χ0v) is 8.27. The molecule has 76 valence electrons. The predicted molar refractivity (Wildman–Crippen MR) is 51.5 cm³/mol. The van der Waals surface area contributed by atoms with Crippen molar-refractivity contribution in [1.29, 1.82) is 0 Å². The summed E-state index contributed by atoms with van der Waals surface area (Å²) in [5.41, 5.74) is 4.94. The number of nitrogens with one attached hydrogen (secondary N) is 1. The van der Waals surface area contributed by atoms with Gasteiger partial charge in [-0.15, -0.1) is 0 Å². The third-order valence-corrected chi connectivity index (χ3v) is 2.19. The number of primary amides is 1. The molecule has 0 radical (unpaired) electrons. The molecule has 1 amide bonds. The molecule has 0 aliphatic rings. The van der Waals surface area contributed by atoms with E-state index in [9.17, 15) is 9.18 Å². The van der Waals surface area contributed by atoms with Gasteiger partial charge in [0.25, 0.3) is 0 Å². The number of aromatic nitrogens is 2. The Labute approximate surface area is 84.3 Å². The number of rotatable bonds is 4. The first-order valence-electron chi connectivity index (χ1n) is 3.75. The molecule has 0 saturated carbocycles. The second-order valence-electron chi connectivity index (χ2n) is 2.35. The summed E-state index contributed by atoms with van der Waals surface area (Å²) in [5, 5.41) is 2.88. The molecule has 1 aromatic heterocycles. The maximum atomic E-state index is 12.9. The lowest BCUT2D eigenvalue weighted by molar-refractivity contribution is -0.115. The predicted octanol–water partition coefficient (Wildman–Crippen LogP) is 0.235. The number of carbonyl (C=O) groups excluding carboxylic acids is 1. The van der Waals surface area contributed by atoms with Gasteiger partial charge in [-0.25, -0.2) is 14.4 Å². The molecule has 0 fully saturated rings. The number of nitrogens with zero attached hydrogens (tertiary/aromatic N) is 2. The van der Waals surface area contributed by atoms with Crippen LogP contribution in [0.15, 0.2) is 11.4 Å². The molecule has 0 aromatic carbocycles. The van der Waals surface area contributed by atoms with Gasteiger partial charge in [-0.2, -0.15) is 0 Å². The Kier molecular flexibility index (Phi) is 3.63. The van der Waals surface area contributed by atoms with Crippen LogP contribution in [0.3, 0.4) is 0 Å². The molecule has 7 heteroatoms. The standard InChI is InChI=1S/C7H9FN4OS/c1-10-6-4(8)2-11-7(12-6)14-3-5(9)13/h2H,3H2,1H3,(H2,9,13)(H,10,11,12). The Morgan fingerprint density at radius 2 is 2.50 bits per heavy atom. The molecule has 0 aliphatic carbocycles. The lowest BCUT2D eigenvalue weighted by Crippen LogP contribution is -2.13. The van der Waals surface area contributed by atoms with E-state index in [2.05, 4.69) is 15.3 Å². The summed E-state index contributed by atoms with van der Waals surface area (Å²) in [7, 11) is 1.55. The highest BCUT2D eigenvalue weighted by molar-refractivity contribution is 7.99. The van der Waals surface area contributed by atoms with Gasteiger partial charge in [0.1, 0.15) is 0 Å². The van der Waals surface area contributed by atoms with Crippen molar-refractivity contribution in [2.75, 3.05) is 18.1 Å². The van der Waals surface area contributed by atoms with Crippen LogP contribution in [0, 0.1) is 5.82 Å². The van der Waals surface area contributed by atoms with Crippen LogP contribution in [0.2, 0.25) is 0 Å². The maximum Gasteiger partial charge on any atom is 0.227 e. The highest BCUT2D eigenvalue weighted by Gasteiger charge is 2.06. The minimum absolute atomic E-state index is 0.0782. The van der Waals surface area contributed by atoms with E-state index >= 15 is 0 Å². The topological polar surface area (TPSA) is 80.9 Å². The Hall–Kier alpha value is -1.37. The van der Waals surface area contributed by atoms with E-state index in [4.69, 9.17) is 5.73 Å². The van der Waals surface area contributed by atoms with Gasteiger partial charge in [-0.3, -0.25) is 4.79 Å². The average molecular weight is 216 g/mol. The summed E-state index contributed by atoms with van der Waals surface area (Å²) < 4.78 is 12.9. The van der Waals surface area contributed by atoms with Gasteiger partial charge in [0.05, 0.1) is 11.9 Å². The minimum Gasteiger partial charge on any atom is -0.371 e. The maximum absolute atomic E-state index is 12.9. The van der Waals surface area contributed by atoms with E-state index < -0.39 is 11.7 Å². The van der Waals surface area contributed by atoms with Gasteiger partial charge in [-0.1, -0.05) is 11.8 Å². The Balaban J connectivity index is 2.74. The molecule has 0 aliphatic heterocycles. The van der Waals surface area contributed by atoms with Crippen molar-refractivity contribution in [1.82, 2.24) is 9.97 Å². The fourth-order valence-corrected chi connectivity index (χ4v) is 1.29. The first-order chi connectivity index (χ1) is 6.63. The van der Waals surface area contributed by atoms with Crippen LogP contribution in [0.1, 0.15) is 0 Å². The number of thioether (sulfide) groups is 1. The quantitative estimate of drug-likeness (QED) is 0.556. The Morgan fingerprint density at radius 3 is 3.07 bits per heavy atom. The van der Waals surface area contributed by atoms with Crippen LogP contribution in [-0.4, -0.2) is 28.7 Å². The van der Waals surface area contributed by atoms with E-state index in [1.807, 2.05) is 0 Å². The van der Waals surface area contributed by atoms with Gasteiger partial charge >= 0.3 is 0 Å². The molecule has 0 unspecified atom stereocenters. The van der Waals surface area contributed by atoms with Crippen molar-refractivity contribution in [3.8, 4) is 0 Å². The fourth-order valence-electron chi connectivity index (χ4n) is 0.731. The lowest BCUT2D eigenvalue weighted by atomic mass is 10.5. The van der Waals surface area contributed by atoms with Crippen molar-refractivity contribution >= 4 is 23.5 Å². The van der Waals surface area contributed by atoms with Crippen LogP contribution in [0.25, 0.3) is 0 Å². The number of anilines is 1. The summed E-state index contributed by atoms with van der Waals surface area (Å²) in [6.07, 6.45) is 1.04. The van der Waals surface area contributed by atoms with Crippen LogP contribution in [-0.2, 0) is 4.79 Å². The van der Waals surface area contributed by atoms with E-state index in [1.165, 1.54) is 0 Å². The molecule has 1 aromatic rings. The first kappa shape index (κ1) is 10.7. The molecule has 0 atom stereocenters. The Bertz CT molecular complexity index is 346. The van der Waals surface area contributed by atoms with Crippen LogP contribution in [0.5, 0.6) is 0 Å². The van der Waals surface area contributed by atoms with E-state index in [0.29, 0.717) is 5.16 Å². The fraction of sp³-hybridized carbons (Fsp3) is 0.286.